The van der Waals surface area contributed by atoms with Gasteiger partial charge in [0.25, 0.3) is 0 Å². The second kappa shape index (κ2) is 38.3. The predicted molar refractivity (Wildman–Crippen MR) is 356 cm³/mol. The molecule has 0 bridgehead atoms. The van der Waals surface area contributed by atoms with Crippen LogP contribution in [0.4, 0.5) is 0 Å². The van der Waals surface area contributed by atoms with Crippen molar-refractivity contribution in [3.63, 3.8) is 0 Å². The maximum atomic E-state index is 15.3. The van der Waals surface area contributed by atoms with Crippen molar-refractivity contribution in [3.8, 4) is 0 Å². The van der Waals surface area contributed by atoms with Crippen molar-refractivity contribution >= 4 is 65.0 Å². The van der Waals surface area contributed by atoms with Gasteiger partial charge in [0, 0.05) is 76.1 Å². The number of nitrogens with zero attached hydrogens (tertiary/aromatic N) is 8. The SMILES string of the molecule is C/C=C/C[C@@H](C)[C@@H](O)[C@H]1C(=O)N[C@@H](CC)C(=O)N(C)[C@H](C)C(=O)N(C)[C@@H]([C@@H](CN2CCOCC2)OC)C(=O)N[C@@H](C(C)C)C(=O)N(C)[C@@H](CCC(C)C)C(=O)N[C@@H](C)C(=O)N[C@H](C)C(=O)N(C)[C@@H](CC(C)C)C(=O)N(C)[C@@H](CC(C)C)C(=O)N(C)[C@@H](C(C)C)C(=O)N1C. The zero-order valence-corrected chi connectivity index (χ0v) is 60.7. The Morgan fingerprint density at radius 3 is 1.49 bits per heavy atom. The van der Waals surface area contributed by atoms with Gasteiger partial charge in [-0.2, -0.15) is 0 Å². The number of ether oxygens (including phenoxy) is 2. The summed E-state index contributed by atoms with van der Waals surface area (Å²) in [4.78, 5) is 174. The van der Waals surface area contributed by atoms with Crippen LogP contribution in [0.5, 0.6) is 0 Å². The van der Waals surface area contributed by atoms with Gasteiger partial charge in [-0.1, -0.05) is 95.2 Å². The van der Waals surface area contributed by atoms with E-state index in [1.54, 1.807) is 60.6 Å². The number of hydrogen-bond acceptors (Lipinski definition) is 15. The first-order valence-electron chi connectivity index (χ1n) is 33.5. The second-order valence-corrected chi connectivity index (χ2v) is 27.8. The summed E-state index contributed by atoms with van der Waals surface area (Å²) in [7, 11) is 11.3. The fourth-order valence-corrected chi connectivity index (χ4v) is 12.0. The first-order chi connectivity index (χ1) is 43.2. The van der Waals surface area contributed by atoms with Crippen LogP contribution in [0.2, 0.25) is 0 Å². The number of carbonyl (C=O) groups is 11. The zero-order valence-electron chi connectivity index (χ0n) is 60.7. The van der Waals surface area contributed by atoms with Gasteiger partial charge in [0.15, 0.2) is 0 Å². The Morgan fingerprint density at radius 2 is 1.01 bits per heavy atom. The lowest BCUT2D eigenvalue weighted by molar-refractivity contribution is -0.157. The molecule has 2 saturated heterocycles. The smallest absolute Gasteiger partial charge is 0.246 e. The highest BCUT2D eigenvalue weighted by molar-refractivity contribution is 6.00. The quantitative estimate of drug-likeness (QED) is 0.123. The lowest BCUT2D eigenvalue weighted by Crippen LogP contribution is -2.64. The molecule has 26 heteroatoms. The number of aliphatic hydroxyl groups is 1. The Labute approximate surface area is 555 Å². The van der Waals surface area contributed by atoms with E-state index in [0.29, 0.717) is 39.1 Å². The van der Waals surface area contributed by atoms with Gasteiger partial charge in [-0.25, -0.2) is 0 Å². The summed E-state index contributed by atoms with van der Waals surface area (Å²) < 4.78 is 11.6. The van der Waals surface area contributed by atoms with E-state index in [0.717, 1.165) is 9.80 Å². The molecule has 0 unspecified atom stereocenters. The van der Waals surface area contributed by atoms with Crippen LogP contribution < -0.4 is 21.3 Å². The van der Waals surface area contributed by atoms with E-state index >= 15 is 28.8 Å². The van der Waals surface area contributed by atoms with E-state index in [1.807, 2.05) is 46.4 Å². The van der Waals surface area contributed by atoms with Crippen LogP contribution in [0.15, 0.2) is 12.2 Å². The van der Waals surface area contributed by atoms with Crippen LogP contribution >= 0.6 is 0 Å². The molecule has 2 rings (SSSR count). The molecular formula is C67H120N12O14. The molecule has 0 aliphatic carbocycles. The highest BCUT2D eigenvalue weighted by atomic mass is 16.5. The fourth-order valence-electron chi connectivity index (χ4n) is 12.0. The molecule has 532 valence electrons. The van der Waals surface area contributed by atoms with E-state index in [-0.39, 0.29) is 50.0 Å². The third-order valence-electron chi connectivity index (χ3n) is 18.3. The predicted octanol–water partition coefficient (Wildman–Crippen LogP) is 2.35. The maximum Gasteiger partial charge on any atom is 0.246 e. The highest BCUT2D eigenvalue weighted by Crippen LogP contribution is 2.26. The van der Waals surface area contributed by atoms with Gasteiger partial charge >= 0.3 is 0 Å². The Kier molecular flexibility index (Phi) is 34.1. The van der Waals surface area contributed by atoms with Gasteiger partial charge in [0.2, 0.25) is 65.0 Å². The van der Waals surface area contributed by atoms with Crippen molar-refractivity contribution in [3.05, 3.63) is 12.2 Å². The van der Waals surface area contributed by atoms with Gasteiger partial charge in [-0.15, -0.1) is 0 Å². The molecular weight excluding hydrogens is 1200 g/mol. The summed E-state index contributed by atoms with van der Waals surface area (Å²) in [6, 6.07) is -14.2. The van der Waals surface area contributed by atoms with Gasteiger partial charge in [0.1, 0.15) is 66.5 Å². The number of amides is 11. The molecule has 0 aromatic rings. The maximum absolute atomic E-state index is 15.3. The number of hydrogen-bond donors (Lipinski definition) is 5. The summed E-state index contributed by atoms with van der Waals surface area (Å²) in [6.45, 7) is 29.7. The Balaban J connectivity index is 3.08. The average molecular weight is 1320 g/mol. The van der Waals surface area contributed by atoms with E-state index in [4.69, 9.17) is 9.47 Å². The summed E-state index contributed by atoms with van der Waals surface area (Å²) in [6.07, 6.45) is 2.23. The van der Waals surface area contributed by atoms with Crippen molar-refractivity contribution in [2.24, 2.45) is 35.5 Å². The lowest BCUT2D eigenvalue weighted by Gasteiger charge is -2.41. The number of methoxy groups -OCH3 is 1. The summed E-state index contributed by atoms with van der Waals surface area (Å²) in [5.74, 6) is -9.86. The van der Waals surface area contributed by atoms with Crippen molar-refractivity contribution in [2.45, 2.75) is 228 Å². The second-order valence-electron chi connectivity index (χ2n) is 27.8. The number of carbonyl (C=O) groups excluding carboxylic acids is 11. The molecule has 0 spiro atoms. The minimum Gasteiger partial charge on any atom is -0.390 e. The first kappa shape index (κ1) is 82.8. The molecule has 11 amide bonds. The highest BCUT2D eigenvalue weighted by Gasteiger charge is 2.47. The standard InChI is InChI=1S/C67H120N12O14/c1-25-27-28-43(13)56(80)55-60(84)70-47(26-2)63(87)72(17)46(16)62(86)77(22)54(51(92-24)37-79-31-33-93-34-32-79)59(83)71-52(41(9)10)66(90)73(18)48(30-29-38(3)4)58(82)68-44(14)57(81)69-45(15)61(85)74(19)49(35-39(5)6)64(88)75(20)50(36-40(7)8)65(89)76(21)53(42(11)12)67(91)78(55)23/h25,27,38-56,80H,26,28-37H2,1-24H3,(H,68,82)(H,69,81)(H,70,84)(H,71,83)/b27-25+/t43-,44+,45-,46-,47+,48+,49+,50+,51-,52+,53+,54+,55+,56-/m1/s1. The Morgan fingerprint density at radius 1 is 0.527 bits per heavy atom. The van der Waals surface area contributed by atoms with Gasteiger partial charge < -0.3 is 70.1 Å². The third kappa shape index (κ3) is 22.7. The first-order valence-corrected chi connectivity index (χ1v) is 33.5. The molecule has 2 heterocycles. The number of nitrogens with one attached hydrogen (secondary N) is 4. The molecule has 0 radical (unpaired) electrons. The topological polar surface area (TPSA) is 300 Å². The van der Waals surface area contributed by atoms with Crippen molar-refractivity contribution in [1.29, 1.82) is 0 Å². The van der Waals surface area contributed by atoms with Crippen LogP contribution in [-0.4, -0.2) is 277 Å². The summed E-state index contributed by atoms with van der Waals surface area (Å²) in [5.41, 5.74) is 0. The molecule has 0 saturated carbocycles. The molecule has 0 aromatic heterocycles. The van der Waals surface area contributed by atoms with Gasteiger partial charge in [-0.3, -0.25) is 57.6 Å². The zero-order chi connectivity index (χ0) is 71.4. The van der Waals surface area contributed by atoms with E-state index in [1.165, 1.54) is 102 Å². The van der Waals surface area contributed by atoms with Crippen molar-refractivity contribution < 1.29 is 67.3 Å². The average Bonchev–Trinajstić information content (AvgIpc) is 0.817. The van der Waals surface area contributed by atoms with Crippen LogP contribution in [0, 0.1) is 35.5 Å². The van der Waals surface area contributed by atoms with E-state index in [2.05, 4.69) is 21.3 Å². The number of allylic oxidation sites excluding steroid dienone is 2. The molecule has 26 nitrogen and oxygen atoms in total. The normalized spacial score (nSPS) is 27.9. The molecule has 14 atom stereocenters. The number of rotatable bonds is 18. The summed E-state index contributed by atoms with van der Waals surface area (Å²) >= 11 is 0. The number of likely N-dealkylation sites (N-methyl/N-ethyl adjacent to an activating group) is 7. The molecule has 2 aliphatic rings. The molecule has 5 N–H and O–H groups in total. The molecule has 2 aliphatic heterocycles. The van der Waals surface area contributed by atoms with Crippen LogP contribution in [-0.2, 0) is 62.2 Å². The Bertz CT molecular complexity index is 2540. The largest absolute Gasteiger partial charge is 0.390 e. The lowest BCUT2D eigenvalue weighted by atomic mass is 9.91. The van der Waals surface area contributed by atoms with Crippen LogP contribution in [0.25, 0.3) is 0 Å². The van der Waals surface area contributed by atoms with Crippen LogP contribution in [0.3, 0.4) is 0 Å². The molecule has 2 fully saturated rings. The Hall–Kier alpha value is -6.25. The van der Waals surface area contributed by atoms with E-state index < -0.39 is 161 Å². The monoisotopic (exact) mass is 1320 g/mol. The van der Waals surface area contributed by atoms with Gasteiger partial charge in [-0.05, 0) is 102 Å². The number of morpholine rings is 1. The van der Waals surface area contributed by atoms with Crippen molar-refractivity contribution in [2.75, 3.05) is 89.3 Å². The minimum atomic E-state index is -1.64. The van der Waals surface area contributed by atoms with Crippen LogP contribution in [0.1, 0.15) is 149 Å². The number of aliphatic hydroxyl groups excluding tert-OH is 1. The van der Waals surface area contributed by atoms with Gasteiger partial charge in [0.05, 0.1) is 25.4 Å². The minimum absolute atomic E-state index is 0.0139. The molecule has 93 heavy (non-hydrogen) atoms. The fraction of sp³-hybridized carbons (Fsp3) is 0.806. The van der Waals surface area contributed by atoms with Crippen molar-refractivity contribution in [1.82, 2.24) is 60.5 Å². The molecule has 0 aromatic carbocycles. The summed E-state index contributed by atoms with van der Waals surface area (Å²) in [5, 5.41) is 23.3. The van der Waals surface area contributed by atoms with E-state index in [9.17, 15) is 29.1 Å². The third-order valence-corrected chi connectivity index (χ3v) is 18.3.